The van der Waals surface area contributed by atoms with Crippen LogP contribution in [0.3, 0.4) is 0 Å². The molecule has 0 aliphatic heterocycles. The van der Waals surface area contributed by atoms with Gasteiger partial charge in [-0.3, -0.25) is 10.1 Å². The van der Waals surface area contributed by atoms with Crippen LogP contribution in [0.15, 0.2) is 6.20 Å². The van der Waals surface area contributed by atoms with E-state index >= 15 is 0 Å². The molecular weight excluding hydrogens is 222 g/mol. The second kappa shape index (κ2) is 4.72. The van der Waals surface area contributed by atoms with E-state index in [1.165, 1.54) is 17.5 Å². The zero-order valence-electron chi connectivity index (χ0n) is 7.95. The maximum atomic E-state index is 11.1. The van der Waals surface area contributed by atoms with Crippen LogP contribution in [0.25, 0.3) is 0 Å². The molecule has 1 unspecified atom stereocenters. The predicted molar refractivity (Wildman–Crippen MR) is 57.3 cm³/mol. The molecule has 0 aliphatic rings. The van der Waals surface area contributed by atoms with Gasteiger partial charge in [-0.05, 0) is 13.8 Å². The van der Waals surface area contributed by atoms with Crippen LogP contribution >= 0.6 is 22.9 Å². The summed E-state index contributed by atoms with van der Waals surface area (Å²) in [4.78, 5) is 15.1. The fraction of sp³-hybridized carbons (Fsp3) is 0.500. The summed E-state index contributed by atoms with van der Waals surface area (Å²) >= 11 is 6.98. The minimum Gasteiger partial charge on any atom is -0.368 e. The van der Waals surface area contributed by atoms with Crippen LogP contribution in [0.2, 0.25) is 4.34 Å². The van der Waals surface area contributed by atoms with Gasteiger partial charge in [0.15, 0.2) is 0 Å². The average Bonchev–Trinajstić information content (AvgIpc) is 2.46. The zero-order valence-corrected chi connectivity index (χ0v) is 9.52. The van der Waals surface area contributed by atoms with Crippen LogP contribution in [0.5, 0.6) is 0 Å². The van der Waals surface area contributed by atoms with E-state index in [1.807, 2.05) is 13.8 Å². The van der Waals surface area contributed by atoms with E-state index in [0.29, 0.717) is 9.34 Å². The van der Waals surface area contributed by atoms with Crippen molar-refractivity contribution in [3.8, 4) is 0 Å². The Morgan fingerprint density at radius 1 is 1.71 bits per heavy atom. The molecule has 4 nitrogen and oxygen atoms in total. The Labute approximate surface area is 91.5 Å². The number of carbonyl (C=O) groups excluding carboxylic acids is 1. The first kappa shape index (κ1) is 11.4. The Bertz CT molecular complexity index is 326. The fourth-order valence-corrected chi connectivity index (χ4v) is 2.01. The van der Waals surface area contributed by atoms with Crippen molar-refractivity contribution >= 4 is 28.8 Å². The number of halogens is 1. The Hall–Kier alpha value is -0.650. The summed E-state index contributed by atoms with van der Waals surface area (Å²) in [6, 6.07) is -0.386. The van der Waals surface area contributed by atoms with Gasteiger partial charge in [0.05, 0.1) is 6.20 Å². The van der Waals surface area contributed by atoms with Crippen molar-refractivity contribution in [2.45, 2.75) is 25.9 Å². The summed E-state index contributed by atoms with van der Waals surface area (Å²) in [7, 11) is 0. The lowest BCUT2D eigenvalue weighted by atomic mass is 10.2. The summed E-state index contributed by atoms with van der Waals surface area (Å²) < 4.78 is 0.553. The van der Waals surface area contributed by atoms with Gasteiger partial charge in [-0.15, -0.1) is 11.3 Å². The van der Waals surface area contributed by atoms with Gasteiger partial charge in [0.1, 0.15) is 15.4 Å². The number of aromatic nitrogens is 1. The van der Waals surface area contributed by atoms with Crippen molar-refractivity contribution in [2.24, 2.45) is 5.73 Å². The molecule has 0 fully saturated rings. The number of amides is 1. The van der Waals surface area contributed by atoms with E-state index in [1.54, 1.807) is 0 Å². The number of rotatable bonds is 4. The van der Waals surface area contributed by atoms with E-state index in [2.05, 4.69) is 10.3 Å². The van der Waals surface area contributed by atoms with Crippen molar-refractivity contribution in [1.29, 1.82) is 0 Å². The first-order valence-corrected chi connectivity index (χ1v) is 5.36. The largest absolute Gasteiger partial charge is 0.368 e. The minimum absolute atomic E-state index is 0.162. The number of nitrogens with zero attached hydrogens (tertiary/aromatic N) is 1. The average molecular weight is 234 g/mol. The molecule has 1 aromatic rings. The van der Waals surface area contributed by atoms with Gasteiger partial charge in [-0.2, -0.15) is 0 Å². The molecule has 1 rings (SSSR count). The van der Waals surface area contributed by atoms with Gasteiger partial charge in [0, 0.05) is 6.04 Å². The Balaban J connectivity index is 2.83. The van der Waals surface area contributed by atoms with E-state index < -0.39 is 11.9 Å². The van der Waals surface area contributed by atoms with Gasteiger partial charge in [-0.25, -0.2) is 4.98 Å². The van der Waals surface area contributed by atoms with Crippen LogP contribution < -0.4 is 11.1 Å². The van der Waals surface area contributed by atoms with E-state index in [9.17, 15) is 4.79 Å². The molecule has 78 valence electrons. The molecule has 0 bridgehead atoms. The monoisotopic (exact) mass is 233 g/mol. The molecular formula is C8H12ClN3OS. The Morgan fingerprint density at radius 3 is 2.71 bits per heavy atom. The number of hydrogen-bond acceptors (Lipinski definition) is 4. The molecule has 0 radical (unpaired) electrons. The molecule has 1 amide bonds. The highest BCUT2D eigenvalue weighted by molar-refractivity contribution is 7.16. The number of nitrogens with two attached hydrogens (primary N) is 1. The van der Waals surface area contributed by atoms with Crippen molar-refractivity contribution in [3.63, 3.8) is 0 Å². The third-order valence-corrected chi connectivity index (χ3v) is 2.71. The highest BCUT2D eigenvalue weighted by Crippen LogP contribution is 2.23. The van der Waals surface area contributed by atoms with Crippen LogP contribution in [0.4, 0.5) is 0 Å². The maximum Gasteiger partial charge on any atom is 0.241 e. The van der Waals surface area contributed by atoms with Crippen molar-refractivity contribution < 1.29 is 4.79 Å². The third-order valence-electron chi connectivity index (χ3n) is 1.53. The Morgan fingerprint density at radius 2 is 2.36 bits per heavy atom. The number of hydrogen-bond donors (Lipinski definition) is 2. The molecule has 0 saturated heterocycles. The van der Waals surface area contributed by atoms with Crippen LogP contribution in [-0.4, -0.2) is 16.9 Å². The number of thiazole rings is 1. The highest BCUT2D eigenvalue weighted by Gasteiger charge is 2.21. The SMILES string of the molecule is CC(C)NC(C(N)=O)c1ncc(Cl)s1. The topological polar surface area (TPSA) is 68.0 Å². The van der Waals surface area contributed by atoms with Crippen LogP contribution in [-0.2, 0) is 4.79 Å². The minimum atomic E-state index is -0.549. The summed E-state index contributed by atoms with van der Waals surface area (Å²) in [6.45, 7) is 3.87. The van der Waals surface area contributed by atoms with E-state index in [-0.39, 0.29) is 6.04 Å². The standard InChI is InChI=1S/C8H12ClN3OS/c1-4(2)12-6(7(10)13)8-11-3-5(9)14-8/h3-4,6,12H,1-2H3,(H2,10,13). The van der Waals surface area contributed by atoms with Crippen molar-refractivity contribution in [2.75, 3.05) is 0 Å². The van der Waals surface area contributed by atoms with Gasteiger partial charge < -0.3 is 5.73 Å². The quantitative estimate of drug-likeness (QED) is 0.824. The molecule has 6 heteroatoms. The molecule has 0 aromatic carbocycles. The summed E-state index contributed by atoms with van der Waals surface area (Å²) in [5.74, 6) is -0.440. The molecule has 0 saturated carbocycles. The first-order chi connectivity index (χ1) is 6.50. The first-order valence-electron chi connectivity index (χ1n) is 4.17. The van der Waals surface area contributed by atoms with Crippen molar-refractivity contribution in [3.05, 3.63) is 15.5 Å². The lowest BCUT2D eigenvalue weighted by Crippen LogP contribution is -2.37. The summed E-state index contributed by atoms with van der Waals surface area (Å²) in [6.07, 6.45) is 1.51. The second-order valence-corrected chi connectivity index (χ2v) is 4.85. The fourth-order valence-electron chi connectivity index (χ4n) is 1.01. The van der Waals surface area contributed by atoms with Crippen molar-refractivity contribution in [1.82, 2.24) is 10.3 Å². The summed E-state index contributed by atoms with van der Waals surface area (Å²) in [5.41, 5.74) is 5.25. The van der Waals surface area contributed by atoms with E-state index in [4.69, 9.17) is 17.3 Å². The molecule has 1 heterocycles. The highest BCUT2D eigenvalue weighted by atomic mass is 35.5. The second-order valence-electron chi connectivity index (χ2n) is 3.16. The molecule has 1 atom stereocenters. The Kier molecular flexibility index (Phi) is 3.86. The maximum absolute atomic E-state index is 11.1. The van der Waals surface area contributed by atoms with Gasteiger partial charge in [0.2, 0.25) is 5.91 Å². The lowest BCUT2D eigenvalue weighted by molar-refractivity contribution is -0.120. The lowest BCUT2D eigenvalue weighted by Gasteiger charge is -2.15. The van der Waals surface area contributed by atoms with Crippen LogP contribution in [0, 0.1) is 0 Å². The summed E-state index contributed by atoms with van der Waals surface area (Å²) in [5, 5.41) is 3.63. The third kappa shape index (κ3) is 2.94. The number of carbonyl (C=O) groups is 1. The smallest absolute Gasteiger partial charge is 0.241 e. The zero-order chi connectivity index (χ0) is 10.7. The predicted octanol–water partition coefficient (Wildman–Crippen LogP) is 1.32. The molecule has 14 heavy (non-hydrogen) atoms. The molecule has 0 aliphatic carbocycles. The molecule has 0 spiro atoms. The number of primary amides is 1. The molecule has 3 N–H and O–H groups in total. The number of nitrogens with one attached hydrogen (secondary N) is 1. The van der Waals surface area contributed by atoms with Crippen LogP contribution in [0.1, 0.15) is 24.9 Å². The normalized spacial score (nSPS) is 13.1. The van der Waals surface area contributed by atoms with Gasteiger partial charge in [0.25, 0.3) is 0 Å². The van der Waals surface area contributed by atoms with E-state index in [0.717, 1.165) is 0 Å². The van der Waals surface area contributed by atoms with Gasteiger partial charge >= 0.3 is 0 Å². The van der Waals surface area contributed by atoms with Gasteiger partial charge in [-0.1, -0.05) is 11.6 Å². The molecule has 1 aromatic heterocycles.